The maximum Gasteiger partial charge on any atom is 0.0977 e. The largest absolute Gasteiger partial charge is 0.133 e. The van der Waals surface area contributed by atoms with Gasteiger partial charge in [0.2, 0.25) is 0 Å². The van der Waals surface area contributed by atoms with Gasteiger partial charge in [-0.1, -0.05) is 158 Å². The summed E-state index contributed by atoms with van der Waals surface area (Å²) in [5, 5.41) is 0. The van der Waals surface area contributed by atoms with E-state index in [1.54, 1.807) is 0 Å². The van der Waals surface area contributed by atoms with Gasteiger partial charge in [0.1, 0.15) is 0 Å². The van der Waals surface area contributed by atoms with E-state index in [1.165, 1.54) is 107 Å². The molecule has 4 heterocycles. The lowest BCUT2D eigenvalue weighted by Crippen LogP contribution is -2.37. The number of allylic oxidation sites excluding steroid dienone is 2. The molecule has 0 unspecified atom stereocenters. The van der Waals surface area contributed by atoms with Crippen LogP contribution in [0.1, 0.15) is 77.2 Å². The molecule has 0 N–H and O–H groups in total. The lowest BCUT2D eigenvalue weighted by molar-refractivity contribution is 0.808. The predicted octanol–water partition coefficient (Wildman–Crippen LogP) is 14.3. The molecule has 0 radical (unpaired) electrons. The molecule has 6 aromatic carbocycles. The van der Waals surface area contributed by atoms with Crippen molar-refractivity contribution < 1.29 is 0 Å². The summed E-state index contributed by atoms with van der Waals surface area (Å²) >= 11 is 8.22. The molecule has 0 saturated heterocycles. The first-order valence-electron chi connectivity index (χ1n) is 19.4. The highest BCUT2D eigenvalue weighted by molar-refractivity contribution is 8.02. The summed E-state index contributed by atoms with van der Waals surface area (Å²) in [5.74, 6) is 0.431. The highest BCUT2D eigenvalue weighted by atomic mass is 32.2. The highest BCUT2D eigenvalue weighted by Gasteiger charge is 2.60. The second-order valence-corrected chi connectivity index (χ2v) is 20.3. The van der Waals surface area contributed by atoms with E-state index in [0.717, 1.165) is 0 Å². The van der Waals surface area contributed by atoms with Crippen molar-refractivity contribution in [3.63, 3.8) is 0 Å². The van der Waals surface area contributed by atoms with E-state index in [4.69, 9.17) is 0 Å². The average Bonchev–Trinajstić information content (AvgIpc) is 4.02. The van der Waals surface area contributed by atoms with Crippen LogP contribution in [0, 0.1) is 0 Å². The van der Waals surface area contributed by atoms with E-state index in [2.05, 4.69) is 193 Å². The van der Waals surface area contributed by atoms with Gasteiger partial charge in [0.15, 0.2) is 0 Å². The number of fused-ring (bicyclic) bond motifs is 2. The van der Waals surface area contributed by atoms with Crippen LogP contribution in [0.25, 0.3) is 32.0 Å². The normalized spacial score (nSPS) is 23.6. The Kier molecular flexibility index (Phi) is 6.01. The van der Waals surface area contributed by atoms with Gasteiger partial charge in [0.25, 0.3) is 0 Å². The van der Waals surface area contributed by atoms with Gasteiger partial charge >= 0.3 is 0 Å². The van der Waals surface area contributed by atoms with Crippen LogP contribution in [0.4, 0.5) is 0 Å². The van der Waals surface area contributed by atoms with Crippen LogP contribution < -0.4 is 0 Å². The van der Waals surface area contributed by atoms with E-state index >= 15 is 0 Å². The second-order valence-electron chi connectivity index (χ2n) is 15.7. The van der Waals surface area contributed by atoms with Crippen LogP contribution in [0.5, 0.6) is 0 Å². The summed E-state index contributed by atoms with van der Waals surface area (Å²) in [4.78, 5) is 8.53. The molecule has 4 heteroatoms. The van der Waals surface area contributed by atoms with E-state index in [-0.39, 0.29) is 21.3 Å². The first kappa shape index (κ1) is 31.0. The molecule has 6 aliphatic carbocycles. The molecular formula is C52H30S4. The number of benzene rings is 6. The number of hydrogen-bond donors (Lipinski definition) is 0. The lowest BCUT2D eigenvalue weighted by atomic mass is 9.59. The van der Waals surface area contributed by atoms with Crippen LogP contribution in [0.15, 0.2) is 180 Å². The highest BCUT2D eigenvalue weighted by Crippen LogP contribution is 2.76. The zero-order chi connectivity index (χ0) is 36.3. The molecule has 0 atom stereocenters. The summed E-state index contributed by atoms with van der Waals surface area (Å²) < 4.78 is -0.493. The van der Waals surface area contributed by atoms with Crippen LogP contribution >= 0.6 is 46.2 Å². The third-order valence-corrected chi connectivity index (χ3v) is 19.0. The Morgan fingerprint density at radius 3 is 1.04 bits per heavy atom. The molecule has 4 bridgehead atoms. The van der Waals surface area contributed by atoms with Crippen molar-refractivity contribution in [2.24, 2.45) is 0 Å². The van der Waals surface area contributed by atoms with Crippen molar-refractivity contribution in [1.82, 2.24) is 0 Å². The number of hydrogen-bond acceptors (Lipinski definition) is 4. The van der Waals surface area contributed by atoms with Crippen LogP contribution in [0.3, 0.4) is 0 Å². The topological polar surface area (TPSA) is 0 Å². The molecule has 0 nitrogen and oxygen atoms in total. The fourth-order valence-electron chi connectivity index (χ4n) is 11.3. The Hall–Kier alpha value is -5.10. The van der Waals surface area contributed by atoms with E-state index in [1.807, 2.05) is 22.7 Å². The molecular weight excluding hydrogens is 753 g/mol. The van der Waals surface area contributed by atoms with Gasteiger partial charge < -0.3 is 0 Å². The van der Waals surface area contributed by atoms with Crippen LogP contribution in [-0.2, 0) is 9.49 Å². The summed E-state index contributed by atoms with van der Waals surface area (Å²) in [7, 11) is 0. The molecule has 8 aromatic rings. The molecule has 16 rings (SSSR count). The third kappa shape index (κ3) is 3.59. The Morgan fingerprint density at radius 1 is 0.357 bits per heavy atom. The first-order chi connectivity index (χ1) is 27.8. The molecule has 0 saturated carbocycles. The fraction of sp³-hybridized carbons (Fsp3) is 0.0769. The average molecular weight is 783 g/mol. The number of rotatable bonds is 3. The first-order valence-corrected chi connectivity index (χ1v) is 22.7. The minimum absolute atomic E-state index is 0.215. The molecule has 0 amide bonds. The van der Waals surface area contributed by atoms with Gasteiger partial charge in [-0.3, -0.25) is 0 Å². The van der Waals surface area contributed by atoms with Crippen molar-refractivity contribution in [3.05, 3.63) is 235 Å². The molecule has 262 valence electrons. The standard InChI is InChI=1S/C52H30S4/c1-3-15-29(16-4-1)43-45-31-19-7-11-23-35(31)51(36-24-12-8-20-32(36)45)47(43)49-41(55-51)27-39(53-49)40-28-42-50(54-40)48-44(30-17-5-2-6-18-30)46-33-21-9-13-25-37(33)52(48,56-42)38-26-14-10-22-34(38)46/h1-28,45-46H. The molecule has 2 spiro atoms. The Labute approximate surface area is 342 Å². The van der Waals surface area contributed by atoms with Gasteiger partial charge in [-0.25, -0.2) is 0 Å². The summed E-state index contributed by atoms with van der Waals surface area (Å²) in [6.07, 6.45) is 0. The molecule has 2 aliphatic heterocycles. The van der Waals surface area contributed by atoms with Crippen molar-refractivity contribution in [2.75, 3.05) is 0 Å². The van der Waals surface area contributed by atoms with Crippen LogP contribution in [-0.4, -0.2) is 0 Å². The summed E-state index contributed by atoms with van der Waals surface area (Å²) in [6, 6.07) is 64.7. The fourth-order valence-corrected chi connectivity index (χ4v) is 17.7. The minimum atomic E-state index is -0.246. The molecule has 8 aliphatic rings. The Morgan fingerprint density at radius 2 is 0.679 bits per heavy atom. The van der Waals surface area contributed by atoms with Gasteiger partial charge in [0, 0.05) is 52.3 Å². The van der Waals surface area contributed by atoms with Crippen molar-refractivity contribution in [2.45, 2.75) is 31.1 Å². The monoisotopic (exact) mass is 782 g/mol. The predicted molar refractivity (Wildman–Crippen MR) is 237 cm³/mol. The summed E-state index contributed by atoms with van der Waals surface area (Å²) in [5.41, 5.74) is 20.4. The zero-order valence-corrected chi connectivity index (χ0v) is 33.2. The van der Waals surface area contributed by atoms with E-state index in [9.17, 15) is 0 Å². The van der Waals surface area contributed by atoms with Gasteiger partial charge in [-0.05, 0) is 78.9 Å². The molecule has 2 aromatic heterocycles. The summed E-state index contributed by atoms with van der Waals surface area (Å²) in [6.45, 7) is 0. The van der Waals surface area contributed by atoms with Crippen molar-refractivity contribution in [3.8, 4) is 9.75 Å². The van der Waals surface area contributed by atoms with Crippen molar-refractivity contribution >= 4 is 68.5 Å². The molecule has 56 heavy (non-hydrogen) atoms. The van der Waals surface area contributed by atoms with Crippen molar-refractivity contribution in [1.29, 1.82) is 0 Å². The van der Waals surface area contributed by atoms with Gasteiger partial charge in [-0.2, -0.15) is 0 Å². The second kappa shape index (κ2) is 10.8. The number of thiophene rings is 2. The zero-order valence-electron chi connectivity index (χ0n) is 30.0. The minimum Gasteiger partial charge on any atom is -0.133 e. The maximum absolute atomic E-state index is 2.54. The quantitative estimate of drug-likeness (QED) is 0.175. The number of thioether (sulfide) groups is 2. The van der Waals surface area contributed by atoms with Gasteiger partial charge in [-0.15, -0.1) is 46.2 Å². The Balaban J connectivity index is 0.980. The van der Waals surface area contributed by atoms with E-state index in [0.29, 0.717) is 0 Å². The van der Waals surface area contributed by atoms with Crippen LogP contribution in [0.2, 0.25) is 0 Å². The lowest BCUT2D eigenvalue weighted by Gasteiger charge is -2.49. The van der Waals surface area contributed by atoms with E-state index < -0.39 is 0 Å². The SMILES string of the molecule is c1ccc(C2=C3c4sc(-c5cc6c(s5)C5=C(c7ccccc7)C7c8ccccc8C5(S6)c5ccccc57)cc4SC34c3ccccc3C2c2ccccc24)cc1. The smallest absolute Gasteiger partial charge is 0.0977 e. The molecule has 0 fully saturated rings. The Bertz CT molecular complexity index is 2800. The van der Waals surface area contributed by atoms with Gasteiger partial charge in [0.05, 0.1) is 9.49 Å². The maximum atomic E-state index is 2.54. The third-order valence-electron chi connectivity index (χ3n) is 13.2.